The van der Waals surface area contributed by atoms with E-state index < -0.39 is 0 Å². The van der Waals surface area contributed by atoms with Crippen LogP contribution in [0.25, 0.3) is 0 Å². The Labute approximate surface area is 156 Å². The van der Waals surface area contributed by atoms with E-state index in [0.717, 1.165) is 41.2 Å². The molecule has 0 radical (unpaired) electrons. The van der Waals surface area contributed by atoms with Gasteiger partial charge in [-0.2, -0.15) is 0 Å². The Hall–Kier alpha value is -2.60. The fourth-order valence-corrected chi connectivity index (χ4v) is 3.33. The van der Waals surface area contributed by atoms with Crippen molar-refractivity contribution in [3.05, 3.63) is 46.5 Å². The summed E-state index contributed by atoms with van der Waals surface area (Å²) in [5.41, 5.74) is 8.89. The number of anilines is 1. The van der Waals surface area contributed by atoms with Crippen LogP contribution in [0.2, 0.25) is 5.02 Å². The minimum atomic E-state index is 0.311. The summed E-state index contributed by atoms with van der Waals surface area (Å²) >= 11 is 6.18. The Bertz CT molecular complexity index is 854. The lowest BCUT2D eigenvalue weighted by Crippen LogP contribution is -2.22. The first kappa shape index (κ1) is 16.8. The lowest BCUT2D eigenvalue weighted by molar-refractivity contribution is 0.297. The molecule has 7 heteroatoms. The first-order valence-electron chi connectivity index (χ1n) is 8.60. The molecule has 0 fully saturated rings. The van der Waals surface area contributed by atoms with Crippen LogP contribution in [0, 0.1) is 0 Å². The quantitative estimate of drug-likeness (QED) is 0.637. The second-order valence-electron chi connectivity index (χ2n) is 6.19. The molecule has 0 saturated carbocycles. The molecule has 136 valence electrons. The molecule has 0 aliphatic carbocycles. The predicted molar refractivity (Wildman–Crippen MR) is 102 cm³/mol. The van der Waals surface area contributed by atoms with E-state index in [1.165, 1.54) is 0 Å². The van der Waals surface area contributed by atoms with Gasteiger partial charge in [0.25, 0.3) is 0 Å². The molecule has 2 aliphatic heterocycles. The Morgan fingerprint density at radius 3 is 2.81 bits per heavy atom. The summed E-state index contributed by atoms with van der Waals surface area (Å²) in [5.74, 6) is 2.64. The number of fused-ring (bicyclic) bond motifs is 2. The number of nitrogens with two attached hydrogens (primary N) is 1. The van der Waals surface area contributed by atoms with Crippen molar-refractivity contribution >= 4 is 23.2 Å². The predicted octanol–water partition coefficient (Wildman–Crippen LogP) is 3.36. The largest absolute Gasteiger partial charge is 0.493 e. The zero-order chi connectivity index (χ0) is 17.9. The summed E-state index contributed by atoms with van der Waals surface area (Å²) in [6, 6.07) is 9.43. The first-order valence-corrected chi connectivity index (χ1v) is 8.97. The molecule has 0 spiro atoms. The van der Waals surface area contributed by atoms with Crippen LogP contribution in [0.15, 0.2) is 35.3 Å². The highest BCUT2D eigenvalue weighted by Crippen LogP contribution is 2.34. The Kier molecular flexibility index (Phi) is 4.75. The van der Waals surface area contributed by atoms with Crippen molar-refractivity contribution in [1.82, 2.24) is 0 Å². The van der Waals surface area contributed by atoms with E-state index in [-0.39, 0.29) is 0 Å². The normalized spacial score (nSPS) is 15.8. The van der Waals surface area contributed by atoms with Crippen LogP contribution in [0.1, 0.15) is 17.5 Å². The molecule has 0 atom stereocenters. The van der Waals surface area contributed by atoms with Gasteiger partial charge in [-0.05, 0) is 29.8 Å². The molecular formula is C19H20ClN3O3. The van der Waals surface area contributed by atoms with Crippen molar-refractivity contribution in [1.29, 1.82) is 0 Å². The van der Waals surface area contributed by atoms with Crippen LogP contribution in [0.3, 0.4) is 0 Å². The molecule has 26 heavy (non-hydrogen) atoms. The average molecular weight is 374 g/mol. The maximum Gasteiger partial charge on any atom is 0.193 e. The van der Waals surface area contributed by atoms with Crippen molar-refractivity contribution in [3.8, 4) is 17.2 Å². The van der Waals surface area contributed by atoms with Gasteiger partial charge in [0.15, 0.2) is 17.5 Å². The van der Waals surface area contributed by atoms with Gasteiger partial charge in [0.1, 0.15) is 5.75 Å². The van der Waals surface area contributed by atoms with Crippen LogP contribution in [0.4, 0.5) is 5.69 Å². The van der Waals surface area contributed by atoms with Crippen LogP contribution < -0.4 is 25.3 Å². The number of hydrogen-bond donors (Lipinski definition) is 2. The van der Waals surface area contributed by atoms with Crippen LogP contribution in [-0.4, -0.2) is 25.8 Å². The summed E-state index contributed by atoms with van der Waals surface area (Å²) in [4.78, 5) is 4.41. The van der Waals surface area contributed by atoms with Gasteiger partial charge in [-0.1, -0.05) is 11.6 Å². The number of hydrogen-bond acceptors (Lipinski definition) is 4. The minimum Gasteiger partial charge on any atom is -0.493 e. The molecule has 2 aliphatic rings. The van der Waals surface area contributed by atoms with Gasteiger partial charge in [-0.15, -0.1) is 0 Å². The van der Waals surface area contributed by atoms with E-state index in [2.05, 4.69) is 10.3 Å². The van der Waals surface area contributed by atoms with E-state index in [1.807, 2.05) is 30.3 Å². The second-order valence-corrected chi connectivity index (χ2v) is 6.63. The summed E-state index contributed by atoms with van der Waals surface area (Å²) in [6.07, 6.45) is 1.74. The lowest BCUT2D eigenvalue weighted by atomic mass is 10.1. The van der Waals surface area contributed by atoms with Crippen molar-refractivity contribution in [2.24, 2.45) is 10.7 Å². The van der Waals surface area contributed by atoms with Gasteiger partial charge in [0.2, 0.25) is 0 Å². The Morgan fingerprint density at radius 2 is 1.92 bits per heavy atom. The fourth-order valence-electron chi connectivity index (χ4n) is 3.06. The maximum atomic E-state index is 6.18. The Morgan fingerprint density at radius 1 is 1.08 bits per heavy atom. The van der Waals surface area contributed by atoms with E-state index in [1.54, 1.807) is 0 Å². The molecule has 0 saturated heterocycles. The molecule has 2 aromatic rings. The number of aliphatic imine (C=N–C) groups is 1. The van der Waals surface area contributed by atoms with E-state index in [4.69, 9.17) is 31.5 Å². The summed E-state index contributed by atoms with van der Waals surface area (Å²) < 4.78 is 17.0. The zero-order valence-electron chi connectivity index (χ0n) is 14.3. The molecule has 0 bridgehead atoms. The molecule has 0 unspecified atom stereocenters. The van der Waals surface area contributed by atoms with Crippen LogP contribution in [0.5, 0.6) is 17.2 Å². The fraction of sp³-hybridized carbons (Fsp3) is 0.316. The summed E-state index contributed by atoms with van der Waals surface area (Å²) in [5, 5.41) is 3.77. The van der Waals surface area contributed by atoms with Gasteiger partial charge in [-0.3, -0.25) is 0 Å². The van der Waals surface area contributed by atoms with Crippen molar-refractivity contribution in [3.63, 3.8) is 0 Å². The highest BCUT2D eigenvalue weighted by Gasteiger charge is 2.17. The molecule has 2 aromatic carbocycles. The van der Waals surface area contributed by atoms with Gasteiger partial charge in [0, 0.05) is 35.2 Å². The number of benzene rings is 2. The van der Waals surface area contributed by atoms with Gasteiger partial charge >= 0.3 is 0 Å². The standard InChI is InChI=1S/C19H20ClN3O3/c20-14-8-12-4-7-26-18(12)13(9-14)11-22-19(21)23-15-2-3-16-17(10-15)25-6-1-5-24-16/h2-3,8-10H,1,4-7,11H2,(H3,21,22,23). The summed E-state index contributed by atoms with van der Waals surface area (Å²) in [7, 11) is 0. The van der Waals surface area contributed by atoms with E-state index in [9.17, 15) is 0 Å². The van der Waals surface area contributed by atoms with E-state index in [0.29, 0.717) is 43.1 Å². The number of ether oxygens (including phenoxy) is 3. The van der Waals surface area contributed by atoms with Crippen LogP contribution >= 0.6 is 11.6 Å². The number of guanidine groups is 1. The summed E-state index contributed by atoms with van der Waals surface area (Å²) in [6.45, 7) is 2.37. The second kappa shape index (κ2) is 7.33. The molecule has 0 aromatic heterocycles. The number of nitrogens with zero attached hydrogens (tertiary/aromatic N) is 1. The van der Waals surface area contributed by atoms with Crippen molar-refractivity contribution < 1.29 is 14.2 Å². The number of nitrogens with one attached hydrogen (secondary N) is 1. The lowest BCUT2D eigenvalue weighted by Gasteiger charge is -2.11. The number of halogens is 1. The zero-order valence-corrected chi connectivity index (χ0v) is 15.0. The molecular weight excluding hydrogens is 354 g/mol. The molecule has 0 amide bonds. The average Bonchev–Trinajstić information content (AvgIpc) is 2.96. The third kappa shape index (κ3) is 3.65. The maximum absolute atomic E-state index is 6.18. The topological polar surface area (TPSA) is 78.1 Å². The highest BCUT2D eigenvalue weighted by atomic mass is 35.5. The van der Waals surface area contributed by atoms with Gasteiger partial charge in [-0.25, -0.2) is 4.99 Å². The van der Waals surface area contributed by atoms with Gasteiger partial charge in [0.05, 0.1) is 26.4 Å². The monoisotopic (exact) mass is 373 g/mol. The molecule has 2 heterocycles. The third-order valence-electron chi connectivity index (χ3n) is 4.27. The SMILES string of the molecule is NC(=NCc1cc(Cl)cc2c1OCC2)Nc1ccc2c(c1)OCCCO2. The first-order chi connectivity index (χ1) is 12.7. The smallest absolute Gasteiger partial charge is 0.193 e. The molecule has 4 rings (SSSR count). The number of rotatable bonds is 3. The van der Waals surface area contributed by atoms with Crippen molar-refractivity contribution in [2.75, 3.05) is 25.1 Å². The third-order valence-corrected chi connectivity index (χ3v) is 4.48. The van der Waals surface area contributed by atoms with Crippen molar-refractivity contribution in [2.45, 2.75) is 19.4 Å². The highest BCUT2D eigenvalue weighted by molar-refractivity contribution is 6.30. The van der Waals surface area contributed by atoms with E-state index >= 15 is 0 Å². The van der Waals surface area contributed by atoms with Gasteiger partial charge < -0.3 is 25.3 Å². The minimum absolute atomic E-state index is 0.311. The van der Waals surface area contributed by atoms with Crippen LogP contribution in [-0.2, 0) is 13.0 Å². The molecule has 6 nitrogen and oxygen atoms in total. The Balaban J connectivity index is 1.47. The molecule has 3 N–H and O–H groups in total.